The van der Waals surface area contributed by atoms with Gasteiger partial charge < -0.3 is 9.64 Å². The van der Waals surface area contributed by atoms with Crippen molar-refractivity contribution < 1.29 is 18.3 Å². The Kier molecular flexibility index (Phi) is 5.49. The molecule has 1 unspecified atom stereocenters. The molecule has 174 valence electrons. The van der Waals surface area contributed by atoms with Gasteiger partial charge in [-0.15, -0.1) is 0 Å². The van der Waals surface area contributed by atoms with Crippen molar-refractivity contribution in [3.8, 4) is 22.7 Å². The number of rotatable bonds is 4. The maximum atomic E-state index is 13.6. The molecule has 0 radical (unpaired) electrons. The summed E-state index contributed by atoms with van der Waals surface area (Å²) >= 11 is 1.33. The van der Waals surface area contributed by atoms with Crippen LogP contribution in [0.25, 0.3) is 11.4 Å². The number of benzene rings is 1. The summed E-state index contributed by atoms with van der Waals surface area (Å²) in [5, 5.41) is 21.0. The van der Waals surface area contributed by atoms with Crippen LogP contribution in [0.2, 0.25) is 0 Å². The molecule has 2 aliphatic heterocycles. The van der Waals surface area contributed by atoms with E-state index in [0.717, 1.165) is 17.3 Å². The molecule has 1 atom stereocenters. The molecule has 1 fully saturated rings. The largest absolute Gasteiger partial charge is 0.463 e. The fourth-order valence-electron chi connectivity index (χ4n) is 4.11. The maximum absolute atomic E-state index is 13.6. The van der Waals surface area contributed by atoms with Crippen molar-refractivity contribution in [1.29, 1.82) is 5.26 Å². The van der Waals surface area contributed by atoms with Crippen molar-refractivity contribution in [3.05, 3.63) is 52.0 Å². The number of nitrogens with zero attached hydrogens (tertiary/aromatic N) is 7. The molecule has 4 heterocycles. The van der Waals surface area contributed by atoms with E-state index >= 15 is 0 Å². The van der Waals surface area contributed by atoms with Crippen LogP contribution >= 0.6 is 11.3 Å². The van der Waals surface area contributed by atoms with Crippen molar-refractivity contribution in [3.63, 3.8) is 0 Å². The normalized spacial score (nSPS) is 17.7. The van der Waals surface area contributed by atoms with E-state index in [1.54, 1.807) is 22.8 Å². The predicted octanol–water partition coefficient (Wildman–Crippen LogP) is 3.62. The lowest BCUT2D eigenvalue weighted by molar-refractivity contribution is 0.0276. The van der Waals surface area contributed by atoms with Gasteiger partial charge >= 0.3 is 6.03 Å². The average Bonchev–Trinajstić information content (AvgIpc) is 3.48. The van der Waals surface area contributed by atoms with Crippen molar-refractivity contribution in [2.45, 2.75) is 25.5 Å². The molecule has 12 heteroatoms. The molecule has 1 aromatic carbocycles. The zero-order chi connectivity index (χ0) is 24.0. The molecule has 2 aromatic heterocycles. The Balaban J connectivity index is 1.21. The van der Waals surface area contributed by atoms with Crippen molar-refractivity contribution in [2.24, 2.45) is 12.1 Å². The molecule has 5 rings (SSSR count). The highest BCUT2D eigenvalue weighted by Gasteiger charge is 2.39. The molecular weight excluding hydrogens is 464 g/mol. The number of thiazole rings is 1. The van der Waals surface area contributed by atoms with Crippen molar-refractivity contribution in [1.82, 2.24) is 24.7 Å². The Bertz CT molecular complexity index is 1320. The molecule has 1 saturated heterocycles. The van der Waals surface area contributed by atoms with Crippen LogP contribution in [0, 0.1) is 29.9 Å². The minimum atomic E-state index is -0.695. The van der Waals surface area contributed by atoms with Gasteiger partial charge in [0.15, 0.2) is 5.69 Å². The highest BCUT2D eigenvalue weighted by atomic mass is 32.1. The Morgan fingerprint density at radius 1 is 1.26 bits per heavy atom. The first-order valence-corrected chi connectivity index (χ1v) is 11.3. The molecule has 2 aliphatic rings. The lowest BCUT2D eigenvalue weighted by Crippen LogP contribution is -2.58. The molecule has 0 saturated carbocycles. The molecule has 0 N–H and O–H groups in total. The van der Waals surface area contributed by atoms with E-state index in [0.29, 0.717) is 41.7 Å². The number of halogens is 2. The molecule has 3 aromatic rings. The Labute approximate surface area is 197 Å². The first-order chi connectivity index (χ1) is 16.3. The number of carbonyl (C=O) groups excluding carboxylic acids is 1. The van der Waals surface area contributed by atoms with Crippen LogP contribution in [0.3, 0.4) is 0 Å². The summed E-state index contributed by atoms with van der Waals surface area (Å²) in [6.45, 7) is 2.50. The van der Waals surface area contributed by atoms with Crippen LogP contribution < -0.4 is 4.74 Å². The standard InChI is InChI=1S/C22H19F2N7O2S/c1-12-17(8-25)28-29(2)20(12)18-11-34-21(27-18)33-16-9-30(10-16)22(32)31-19(3-4-26-31)13-5-14(23)7-15(24)6-13/h4-7,11,16,19H,3,9-10H2,1-2H3. The number of urea groups is 1. The zero-order valence-corrected chi connectivity index (χ0v) is 19.1. The second-order valence-electron chi connectivity index (χ2n) is 8.08. The number of likely N-dealkylation sites (tertiary alicyclic amines) is 1. The minimum absolute atomic E-state index is 0.234. The third-order valence-electron chi connectivity index (χ3n) is 5.80. The van der Waals surface area contributed by atoms with Crippen LogP contribution in [-0.4, -0.2) is 56.1 Å². The summed E-state index contributed by atoms with van der Waals surface area (Å²) in [7, 11) is 1.75. The van der Waals surface area contributed by atoms with E-state index < -0.39 is 17.7 Å². The number of aromatic nitrogens is 3. The lowest BCUT2D eigenvalue weighted by atomic mass is 10.0. The van der Waals surface area contributed by atoms with Gasteiger partial charge in [0.2, 0.25) is 0 Å². The van der Waals surface area contributed by atoms with Gasteiger partial charge in [-0.2, -0.15) is 15.5 Å². The third-order valence-corrected chi connectivity index (χ3v) is 6.53. The second-order valence-corrected chi connectivity index (χ2v) is 8.90. The van der Waals surface area contributed by atoms with Gasteiger partial charge in [0.25, 0.3) is 5.19 Å². The molecule has 0 bridgehead atoms. The quantitative estimate of drug-likeness (QED) is 0.564. The number of amides is 2. The highest BCUT2D eigenvalue weighted by Crippen LogP contribution is 2.33. The number of ether oxygens (including phenoxy) is 1. The van der Waals surface area contributed by atoms with Crippen LogP contribution in [0.4, 0.5) is 13.6 Å². The number of carbonyl (C=O) groups is 1. The fraction of sp³-hybridized carbons (Fsp3) is 0.318. The first-order valence-electron chi connectivity index (χ1n) is 10.5. The van der Waals surface area contributed by atoms with E-state index in [2.05, 4.69) is 21.3 Å². The second kappa shape index (κ2) is 8.49. The lowest BCUT2D eigenvalue weighted by Gasteiger charge is -2.40. The van der Waals surface area contributed by atoms with E-state index in [-0.39, 0.29) is 12.1 Å². The van der Waals surface area contributed by atoms with Gasteiger partial charge in [0.05, 0.1) is 24.8 Å². The van der Waals surface area contributed by atoms with E-state index in [1.807, 2.05) is 12.3 Å². The van der Waals surface area contributed by atoms with Crippen molar-refractivity contribution in [2.75, 3.05) is 13.1 Å². The smallest absolute Gasteiger partial charge is 0.341 e. The number of aryl methyl sites for hydroxylation is 1. The van der Waals surface area contributed by atoms with Crippen LogP contribution in [-0.2, 0) is 7.05 Å². The van der Waals surface area contributed by atoms with Gasteiger partial charge in [0, 0.05) is 36.7 Å². The minimum Gasteiger partial charge on any atom is -0.463 e. The van der Waals surface area contributed by atoms with Gasteiger partial charge in [0.1, 0.15) is 29.5 Å². The van der Waals surface area contributed by atoms with E-state index in [4.69, 9.17) is 4.74 Å². The first kappa shape index (κ1) is 22.0. The summed E-state index contributed by atoms with van der Waals surface area (Å²) in [4.78, 5) is 19.0. The summed E-state index contributed by atoms with van der Waals surface area (Å²) in [5.74, 6) is -1.39. The van der Waals surface area contributed by atoms with E-state index in [9.17, 15) is 18.8 Å². The maximum Gasteiger partial charge on any atom is 0.341 e. The van der Waals surface area contributed by atoms with Crippen LogP contribution in [0.5, 0.6) is 5.19 Å². The highest BCUT2D eigenvalue weighted by molar-refractivity contribution is 7.11. The zero-order valence-electron chi connectivity index (χ0n) is 18.3. The number of hydrazone groups is 1. The number of hydrogen-bond donors (Lipinski definition) is 0. The fourth-order valence-corrected chi connectivity index (χ4v) is 4.83. The average molecular weight is 484 g/mol. The molecule has 2 amide bonds. The van der Waals surface area contributed by atoms with Crippen molar-refractivity contribution >= 4 is 23.6 Å². The topological polar surface area (TPSA) is 99.6 Å². The summed E-state index contributed by atoms with van der Waals surface area (Å²) in [6.07, 6.45) is 1.71. The molecular formula is C22H19F2N7O2S. The molecule has 34 heavy (non-hydrogen) atoms. The summed E-state index contributed by atoms with van der Waals surface area (Å²) in [6, 6.07) is 4.39. The number of nitriles is 1. The molecule has 0 spiro atoms. The molecule has 0 aliphatic carbocycles. The van der Waals surface area contributed by atoms with Gasteiger partial charge in [-0.1, -0.05) is 11.3 Å². The van der Waals surface area contributed by atoms with Crippen LogP contribution in [0.15, 0.2) is 28.7 Å². The van der Waals surface area contributed by atoms with Gasteiger partial charge in [-0.3, -0.25) is 4.68 Å². The summed E-state index contributed by atoms with van der Waals surface area (Å²) in [5.41, 5.74) is 2.88. The predicted molar refractivity (Wildman–Crippen MR) is 119 cm³/mol. The SMILES string of the molecule is Cc1c(C#N)nn(C)c1-c1csc(OC2CN(C(=O)N3N=CCC3c3cc(F)cc(F)c3)C2)n1. The monoisotopic (exact) mass is 483 g/mol. The van der Waals surface area contributed by atoms with Gasteiger partial charge in [-0.25, -0.2) is 23.6 Å². The number of hydrogen-bond acceptors (Lipinski definition) is 7. The molecule has 9 nitrogen and oxygen atoms in total. The Hall–Kier alpha value is -3.85. The Morgan fingerprint density at radius 2 is 2.00 bits per heavy atom. The van der Waals surface area contributed by atoms with Crippen LogP contribution in [0.1, 0.15) is 29.3 Å². The third kappa shape index (κ3) is 3.88. The van der Waals surface area contributed by atoms with E-state index in [1.165, 1.54) is 28.5 Å². The Morgan fingerprint density at radius 3 is 2.68 bits per heavy atom. The van der Waals surface area contributed by atoms with Gasteiger partial charge in [-0.05, 0) is 24.6 Å². The summed E-state index contributed by atoms with van der Waals surface area (Å²) < 4.78 is 34.8.